The molecule has 0 aromatic heterocycles. The highest BCUT2D eigenvalue weighted by Gasteiger charge is 2.32. The summed E-state index contributed by atoms with van der Waals surface area (Å²) in [7, 11) is 1.40. The van der Waals surface area contributed by atoms with Crippen LogP contribution < -0.4 is 10.6 Å². The molecule has 1 aromatic rings. The van der Waals surface area contributed by atoms with E-state index in [1.54, 1.807) is 12.1 Å². The molecule has 4 heteroatoms. The number of nitrogen functional groups attached to an aromatic ring is 1. The zero-order valence-electron chi connectivity index (χ0n) is 11.0. The molecular formula is C14H20N2O2. The third-order valence-electron chi connectivity index (χ3n) is 3.21. The molecule has 0 radical (unpaired) electrons. The minimum atomic E-state index is -0.320. The predicted octanol–water partition coefficient (Wildman–Crippen LogP) is 2.43. The molecule has 1 aliphatic rings. The number of anilines is 2. The normalized spacial score (nSPS) is 14.3. The molecule has 2 rings (SSSR count). The fourth-order valence-electron chi connectivity index (χ4n) is 2.26. The number of esters is 1. The summed E-state index contributed by atoms with van der Waals surface area (Å²) in [5.41, 5.74) is 8.12. The molecule has 4 nitrogen and oxygen atoms in total. The summed E-state index contributed by atoms with van der Waals surface area (Å²) in [6.07, 6.45) is 3.38. The average Bonchev–Trinajstić information content (AvgIpc) is 3.19. The number of ether oxygens (including phenoxy) is 1. The Hall–Kier alpha value is -1.71. The Labute approximate surface area is 108 Å². The van der Waals surface area contributed by atoms with E-state index in [1.807, 2.05) is 6.07 Å². The summed E-state index contributed by atoms with van der Waals surface area (Å²) in [5.74, 6) is -0.320. The highest BCUT2D eigenvalue weighted by molar-refractivity contribution is 5.99. The molecule has 1 aliphatic carbocycles. The van der Waals surface area contributed by atoms with Gasteiger partial charge >= 0.3 is 5.97 Å². The van der Waals surface area contributed by atoms with E-state index in [0.717, 1.165) is 18.7 Å². The number of nitrogens with two attached hydrogens (primary N) is 1. The SMILES string of the molecule is CCCN(c1c(N)cccc1C(=O)OC)C1CC1. The van der Waals surface area contributed by atoms with E-state index in [-0.39, 0.29) is 5.97 Å². The minimum Gasteiger partial charge on any atom is -0.465 e. The molecule has 18 heavy (non-hydrogen) atoms. The Morgan fingerprint density at radius 1 is 1.50 bits per heavy atom. The van der Waals surface area contributed by atoms with Gasteiger partial charge in [-0.2, -0.15) is 0 Å². The van der Waals surface area contributed by atoms with Crippen LogP contribution in [0, 0.1) is 0 Å². The standard InChI is InChI=1S/C14H20N2O2/c1-3-9-16(10-7-8-10)13-11(14(17)18-2)5-4-6-12(13)15/h4-6,10H,3,7-9,15H2,1-2H3. The first-order chi connectivity index (χ1) is 8.69. The van der Waals surface area contributed by atoms with Crippen LogP contribution >= 0.6 is 0 Å². The van der Waals surface area contributed by atoms with Crippen LogP contribution in [-0.4, -0.2) is 25.7 Å². The number of benzene rings is 1. The van der Waals surface area contributed by atoms with Gasteiger partial charge in [0.15, 0.2) is 0 Å². The van der Waals surface area contributed by atoms with E-state index in [9.17, 15) is 4.79 Å². The molecule has 1 fully saturated rings. The van der Waals surface area contributed by atoms with Crippen molar-refractivity contribution in [3.63, 3.8) is 0 Å². The number of methoxy groups -OCH3 is 1. The van der Waals surface area contributed by atoms with E-state index >= 15 is 0 Å². The number of carbonyl (C=O) groups excluding carboxylic acids is 1. The Morgan fingerprint density at radius 2 is 2.22 bits per heavy atom. The van der Waals surface area contributed by atoms with Crippen molar-refractivity contribution < 1.29 is 9.53 Å². The Bertz CT molecular complexity index is 441. The van der Waals surface area contributed by atoms with Crippen LogP contribution in [0.1, 0.15) is 36.5 Å². The lowest BCUT2D eigenvalue weighted by molar-refractivity contribution is 0.0601. The van der Waals surface area contributed by atoms with E-state index < -0.39 is 0 Å². The van der Waals surface area contributed by atoms with Gasteiger partial charge in [0, 0.05) is 12.6 Å². The van der Waals surface area contributed by atoms with Gasteiger partial charge in [0.05, 0.1) is 24.0 Å². The van der Waals surface area contributed by atoms with Crippen molar-refractivity contribution in [3.05, 3.63) is 23.8 Å². The molecular weight excluding hydrogens is 228 g/mol. The predicted molar refractivity (Wildman–Crippen MR) is 72.9 cm³/mol. The summed E-state index contributed by atoms with van der Waals surface area (Å²) in [6.45, 7) is 3.05. The number of hydrogen-bond acceptors (Lipinski definition) is 4. The summed E-state index contributed by atoms with van der Waals surface area (Å²) in [4.78, 5) is 14.1. The van der Waals surface area contributed by atoms with Crippen LogP contribution in [0.4, 0.5) is 11.4 Å². The highest BCUT2D eigenvalue weighted by Crippen LogP contribution is 2.37. The van der Waals surface area contributed by atoms with Gasteiger partial charge in [-0.3, -0.25) is 0 Å². The molecule has 0 atom stereocenters. The van der Waals surface area contributed by atoms with Gasteiger partial charge in [0.25, 0.3) is 0 Å². The van der Waals surface area contributed by atoms with E-state index in [0.29, 0.717) is 17.3 Å². The Balaban J connectivity index is 2.42. The van der Waals surface area contributed by atoms with Gasteiger partial charge in [-0.25, -0.2) is 4.79 Å². The van der Waals surface area contributed by atoms with E-state index in [1.165, 1.54) is 20.0 Å². The van der Waals surface area contributed by atoms with Gasteiger partial charge in [0.2, 0.25) is 0 Å². The van der Waals surface area contributed by atoms with Gasteiger partial charge in [-0.05, 0) is 31.4 Å². The average molecular weight is 248 g/mol. The first-order valence-corrected chi connectivity index (χ1v) is 6.42. The third-order valence-corrected chi connectivity index (χ3v) is 3.21. The van der Waals surface area contributed by atoms with Crippen molar-refractivity contribution in [1.29, 1.82) is 0 Å². The fourth-order valence-corrected chi connectivity index (χ4v) is 2.26. The second kappa shape index (κ2) is 5.29. The highest BCUT2D eigenvalue weighted by atomic mass is 16.5. The molecule has 0 heterocycles. The maximum absolute atomic E-state index is 11.8. The van der Waals surface area contributed by atoms with Gasteiger partial charge in [-0.1, -0.05) is 13.0 Å². The van der Waals surface area contributed by atoms with Crippen molar-refractivity contribution in [2.24, 2.45) is 0 Å². The van der Waals surface area contributed by atoms with Crippen LogP contribution in [0.3, 0.4) is 0 Å². The molecule has 0 amide bonds. The lowest BCUT2D eigenvalue weighted by Crippen LogP contribution is -2.29. The second-order valence-electron chi connectivity index (χ2n) is 4.66. The quantitative estimate of drug-likeness (QED) is 0.642. The molecule has 2 N–H and O–H groups in total. The summed E-state index contributed by atoms with van der Waals surface area (Å²) < 4.78 is 4.84. The van der Waals surface area contributed by atoms with E-state index in [4.69, 9.17) is 10.5 Å². The molecule has 1 saturated carbocycles. The molecule has 1 aromatic carbocycles. The second-order valence-corrected chi connectivity index (χ2v) is 4.66. The Morgan fingerprint density at radius 3 is 2.78 bits per heavy atom. The third kappa shape index (κ3) is 2.42. The molecule has 0 aliphatic heterocycles. The molecule has 0 unspecified atom stereocenters. The monoisotopic (exact) mass is 248 g/mol. The fraction of sp³-hybridized carbons (Fsp3) is 0.500. The lowest BCUT2D eigenvalue weighted by Gasteiger charge is -2.27. The van der Waals surface area contributed by atoms with Crippen molar-refractivity contribution in [1.82, 2.24) is 0 Å². The molecule has 0 spiro atoms. The number of carbonyl (C=O) groups is 1. The minimum absolute atomic E-state index is 0.320. The zero-order valence-corrected chi connectivity index (χ0v) is 11.0. The van der Waals surface area contributed by atoms with Gasteiger partial charge in [0.1, 0.15) is 0 Å². The van der Waals surface area contributed by atoms with Crippen molar-refractivity contribution >= 4 is 17.3 Å². The number of para-hydroxylation sites is 1. The maximum atomic E-state index is 11.8. The molecule has 98 valence electrons. The number of nitrogens with zero attached hydrogens (tertiary/aromatic N) is 1. The van der Waals surface area contributed by atoms with Crippen LogP contribution in [0.15, 0.2) is 18.2 Å². The lowest BCUT2D eigenvalue weighted by atomic mass is 10.1. The summed E-state index contributed by atoms with van der Waals surface area (Å²) in [6, 6.07) is 5.94. The summed E-state index contributed by atoms with van der Waals surface area (Å²) >= 11 is 0. The van der Waals surface area contributed by atoms with Crippen LogP contribution in [0.5, 0.6) is 0 Å². The molecule has 0 saturated heterocycles. The summed E-state index contributed by atoms with van der Waals surface area (Å²) in [5, 5.41) is 0. The van der Waals surface area contributed by atoms with Crippen LogP contribution in [0.25, 0.3) is 0 Å². The van der Waals surface area contributed by atoms with Gasteiger partial charge in [-0.15, -0.1) is 0 Å². The van der Waals surface area contributed by atoms with Gasteiger partial charge < -0.3 is 15.4 Å². The Kier molecular flexibility index (Phi) is 3.75. The van der Waals surface area contributed by atoms with E-state index in [2.05, 4.69) is 11.8 Å². The first kappa shape index (κ1) is 12.7. The van der Waals surface area contributed by atoms with Crippen molar-refractivity contribution in [2.45, 2.75) is 32.2 Å². The van der Waals surface area contributed by atoms with Crippen molar-refractivity contribution in [3.8, 4) is 0 Å². The van der Waals surface area contributed by atoms with Crippen LogP contribution in [0.2, 0.25) is 0 Å². The van der Waals surface area contributed by atoms with Crippen LogP contribution in [-0.2, 0) is 4.74 Å². The number of hydrogen-bond donors (Lipinski definition) is 1. The topological polar surface area (TPSA) is 55.6 Å². The van der Waals surface area contributed by atoms with Crippen molar-refractivity contribution in [2.75, 3.05) is 24.3 Å². The zero-order chi connectivity index (χ0) is 13.1. The first-order valence-electron chi connectivity index (χ1n) is 6.42. The number of rotatable bonds is 5. The largest absolute Gasteiger partial charge is 0.465 e. The maximum Gasteiger partial charge on any atom is 0.340 e. The molecule has 0 bridgehead atoms. The smallest absolute Gasteiger partial charge is 0.340 e.